The summed E-state index contributed by atoms with van der Waals surface area (Å²) in [5.74, 6) is 0.742. The summed E-state index contributed by atoms with van der Waals surface area (Å²) in [4.78, 5) is 0. The molecule has 72 valence electrons. The highest BCUT2D eigenvalue weighted by molar-refractivity contribution is 7.89. The number of hydrogen-bond donors (Lipinski definition) is 1. The molecule has 0 aromatic carbocycles. The lowest BCUT2D eigenvalue weighted by Crippen LogP contribution is -2.36. The Kier molecular flexibility index (Phi) is 3.12. The molecular weight excluding hydrogens is 174 g/mol. The van der Waals surface area contributed by atoms with Gasteiger partial charge in [-0.25, -0.2) is 13.1 Å². The Hall–Kier alpha value is -0.0900. The molecule has 0 aromatic heterocycles. The lowest BCUT2D eigenvalue weighted by atomic mass is 9.87. The summed E-state index contributed by atoms with van der Waals surface area (Å²) in [5, 5.41) is 0. The number of hydrogen-bond acceptors (Lipinski definition) is 2. The SMILES string of the molecule is CC(C)NS(=O)(=O)CC1CCC1. The molecule has 0 heterocycles. The molecule has 0 amide bonds. The summed E-state index contributed by atoms with van der Waals surface area (Å²) < 4.78 is 25.3. The monoisotopic (exact) mass is 191 g/mol. The molecule has 4 heteroatoms. The van der Waals surface area contributed by atoms with Gasteiger partial charge in [-0.3, -0.25) is 0 Å². The van der Waals surface area contributed by atoms with E-state index in [0.29, 0.717) is 11.7 Å². The van der Waals surface area contributed by atoms with Crippen LogP contribution < -0.4 is 4.72 Å². The van der Waals surface area contributed by atoms with Gasteiger partial charge in [0, 0.05) is 6.04 Å². The zero-order valence-corrected chi connectivity index (χ0v) is 8.52. The minimum atomic E-state index is -2.99. The van der Waals surface area contributed by atoms with Crippen LogP contribution in [0.15, 0.2) is 0 Å². The van der Waals surface area contributed by atoms with Gasteiger partial charge in [-0.05, 0) is 32.6 Å². The van der Waals surface area contributed by atoms with Gasteiger partial charge in [0.05, 0.1) is 5.75 Å². The van der Waals surface area contributed by atoms with Crippen LogP contribution in [0, 0.1) is 5.92 Å². The van der Waals surface area contributed by atoms with E-state index in [9.17, 15) is 8.42 Å². The maximum Gasteiger partial charge on any atom is 0.212 e. The molecule has 0 aromatic rings. The Labute approximate surface area is 74.6 Å². The molecule has 0 radical (unpaired) electrons. The predicted molar refractivity (Wildman–Crippen MR) is 49.4 cm³/mol. The Balaban J connectivity index is 2.37. The van der Waals surface area contributed by atoms with Crippen molar-refractivity contribution in [2.75, 3.05) is 5.75 Å². The summed E-state index contributed by atoms with van der Waals surface area (Å²) in [7, 11) is -2.99. The average molecular weight is 191 g/mol. The van der Waals surface area contributed by atoms with Gasteiger partial charge in [0.2, 0.25) is 10.0 Å². The normalized spacial score (nSPS) is 19.6. The quantitative estimate of drug-likeness (QED) is 0.723. The molecule has 1 rings (SSSR count). The van der Waals surface area contributed by atoms with Crippen molar-refractivity contribution in [3.8, 4) is 0 Å². The van der Waals surface area contributed by atoms with E-state index < -0.39 is 10.0 Å². The summed E-state index contributed by atoms with van der Waals surface area (Å²) in [6, 6.07) is 0.0232. The minimum Gasteiger partial charge on any atom is -0.213 e. The first-order valence-corrected chi connectivity index (χ1v) is 6.15. The van der Waals surface area contributed by atoms with Gasteiger partial charge in [0.1, 0.15) is 0 Å². The van der Waals surface area contributed by atoms with E-state index in [1.807, 2.05) is 13.8 Å². The van der Waals surface area contributed by atoms with Gasteiger partial charge in [-0.2, -0.15) is 0 Å². The van der Waals surface area contributed by atoms with E-state index in [1.54, 1.807) is 0 Å². The molecule has 1 aliphatic carbocycles. The predicted octanol–water partition coefficient (Wildman–Crippen LogP) is 1.11. The van der Waals surface area contributed by atoms with Crippen LogP contribution in [0.25, 0.3) is 0 Å². The summed E-state index contributed by atoms with van der Waals surface area (Å²) in [6.45, 7) is 3.69. The molecule has 1 N–H and O–H groups in total. The van der Waals surface area contributed by atoms with Gasteiger partial charge >= 0.3 is 0 Å². The Bertz CT molecular complexity index is 229. The minimum absolute atomic E-state index is 0.0232. The second-order valence-corrected chi connectivity index (χ2v) is 5.65. The number of sulfonamides is 1. The van der Waals surface area contributed by atoms with Crippen LogP contribution in [0.4, 0.5) is 0 Å². The molecule has 0 atom stereocenters. The molecule has 0 saturated heterocycles. The van der Waals surface area contributed by atoms with Crippen LogP contribution in [0.3, 0.4) is 0 Å². The zero-order valence-electron chi connectivity index (χ0n) is 7.71. The van der Waals surface area contributed by atoms with Crippen LogP contribution in [-0.2, 0) is 10.0 Å². The Morgan fingerprint density at radius 1 is 1.42 bits per heavy atom. The third-order valence-corrected chi connectivity index (χ3v) is 3.84. The molecule has 1 aliphatic rings. The van der Waals surface area contributed by atoms with E-state index in [2.05, 4.69) is 4.72 Å². The third kappa shape index (κ3) is 3.11. The van der Waals surface area contributed by atoms with Crippen LogP contribution in [-0.4, -0.2) is 20.2 Å². The first kappa shape index (κ1) is 9.99. The van der Waals surface area contributed by atoms with Crippen molar-refractivity contribution in [3.63, 3.8) is 0 Å². The molecule has 1 saturated carbocycles. The maximum atomic E-state index is 11.3. The highest BCUT2D eigenvalue weighted by atomic mass is 32.2. The van der Waals surface area contributed by atoms with Crippen LogP contribution in [0.2, 0.25) is 0 Å². The molecule has 0 unspecified atom stereocenters. The highest BCUT2D eigenvalue weighted by Crippen LogP contribution is 2.27. The van der Waals surface area contributed by atoms with Gasteiger partial charge in [0.15, 0.2) is 0 Å². The van der Waals surface area contributed by atoms with Crippen LogP contribution in [0.1, 0.15) is 33.1 Å². The van der Waals surface area contributed by atoms with Crippen molar-refractivity contribution in [1.29, 1.82) is 0 Å². The second-order valence-electron chi connectivity index (χ2n) is 3.85. The second kappa shape index (κ2) is 3.75. The fraction of sp³-hybridized carbons (Fsp3) is 1.00. The Morgan fingerprint density at radius 2 is 2.00 bits per heavy atom. The van der Waals surface area contributed by atoms with E-state index in [4.69, 9.17) is 0 Å². The topological polar surface area (TPSA) is 46.2 Å². The summed E-state index contributed by atoms with van der Waals surface area (Å²) >= 11 is 0. The van der Waals surface area contributed by atoms with Gasteiger partial charge in [-0.15, -0.1) is 0 Å². The van der Waals surface area contributed by atoms with E-state index in [-0.39, 0.29) is 6.04 Å². The molecule has 0 spiro atoms. The molecular formula is C8H17NO2S. The lowest BCUT2D eigenvalue weighted by molar-refractivity contribution is 0.346. The first-order chi connectivity index (χ1) is 5.49. The summed E-state index contributed by atoms with van der Waals surface area (Å²) in [5.41, 5.74) is 0. The van der Waals surface area contributed by atoms with Crippen molar-refractivity contribution in [2.45, 2.75) is 39.2 Å². The van der Waals surface area contributed by atoms with Crippen molar-refractivity contribution < 1.29 is 8.42 Å². The molecule has 0 aliphatic heterocycles. The van der Waals surface area contributed by atoms with E-state index in [1.165, 1.54) is 6.42 Å². The van der Waals surface area contributed by atoms with Crippen molar-refractivity contribution in [1.82, 2.24) is 4.72 Å². The van der Waals surface area contributed by atoms with Crippen molar-refractivity contribution >= 4 is 10.0 Å². The average Bonchev–Trinajstić information content (AvgIpc) is 1.76. The Morgan fingerprint density at radius 3 is 2.33 bits per heavy atom. The van der Waals surface area contributed by atoms with Crippen molar-refractivity contribution in [2.24, 2.45) is 5.92 Å². The van der Waals surface area contributed by atoms with Gasteiger partial charge in [-0.1, -0.05) is 6.42 Å². The molecule has 12 heavy (non-hydrogen) atoms. The van der Waals surface area contributed by atoms with E-state index >= 15 is 0 Å². The summed E-state index contributed by atoms with van der Waals surface area (Å²) in [6.07, 6.45) is 3.36. The first-order valence-electron chi connectivity index (χ1n) is 4.49. The molecule has 0 bridgehead atoms. The van der Waals surface area contributed by atoms with Crippen LogP contribution >= 0.6 is 0 Å². The molecule has 3 nitrogen and oxygen atoms in total. The standard InChI is InChI=1S/C8H17NO2S/c1-7(2)9-12(10,11)6-8-4-3-5-8/h7-9H,3-6H2,1-2H3. The zero-order chi connectivity index (χ0) is 9.19. The smallest absolute Gasteiger partial charge is 0.212 e. The fourth-order valence-corrected chi connectivity index (χ4v) is 3.15. The fourth-order valence-electron chi connectivity index (χ4n) is 1.38. The number of rotatable bonds is 4. The van der Waals surface area contributed by atoms with Crippen LogP contribution in [0.5, 0.6) is 0 Å². The van der Waals surface area contributed by atoms with Crippen molar-refractivity contribution in [3.05, 3.63) is 0 Å². The van der Waals surface area contributed by atoms with E-state index in [0.717, 1.165) is 12.8 Å². The number of nitrogens with one attached hydrogen (secondary N) is 1. The largest absolute Gasteiger partial charge is 0.213 e. The molecule has 1 fully saturated rings. The van der Waals surface area contributed by atoms with Gasteiger partial charge < -0.3 is 0 Å². The van der Waals surface area contributed by atoms with Gasteiger partial charge in [0.25, 0.3) is 0 Å². The maximum absolute atomic E-state index is 11.3. The highest BCUT2D eigenvalue weighted by Gasteiger charge is 2.24. The lowest BCUT2D eigenvalue weighted by Gasteiger charge is -2.25. The third-order valence-electron chi connectivity index (χ3n) is 2.10.